The average Bonchev–Trinajstić information content (AvgIpc) is 3.24. The molecule has 1 unspecified atom stereocenters. The molecule has 1 heterocycles. The highest BCUT2D eigenvalue weighted by Crippen LogP contribution is 2.43. The Labute approximate surface area is 130 Å². The van der Waals surface area contributed by atoms with Crippen molar-refractivity contribution >= 4 is 16.5 Å². The van der Waals surface area contributed by atoms with Crippen molar-refractivity contribution in [3.8, 4) is 5.75 Å². The number of nitrogen functional groups attached to an aromatic ring is 1. The summed E-state index contributed by atoms with van der Waals surface area (Å²) in [4.78, 5) is 5.83. The molecule has 1 aliphatic rings. The normalized spacial score (nSPS) is 15.9. The molecule has 1 fully saturated rings. The van der Waals surface area contributed by atoms with E-state index in [1.807, 2.05) is 6.07 Å². The number of rotatable bonds is 6. The number of anilines is 1. The quantitative estimate of drug-likeness (QED) is 0.862. The van der Waals surface area contributed by atoms with Crippen LogP contribution >= 0.6 is 11.3 Å². The van der Waals surface area contributed by atoms with Crippen molar-refractivity contribution in [1.29, 1.82) is 0 Å². The number of hydrogen-bond donors (Lipinski definition) is 1. The monoisotopic (exact) mass is 302 g/mol. The maximum Gasteiger partial charge on any atom is 0.180 e. The summed E-state index contributed by atoms with van der Waals surface area (Å²) in [6.07, 6.45) is 4.68. The standard InChI is InChI=1S/C17H22N2OS/c1-3-11(2)20-14-6-4-5-12(9-14)10-15-16(13-7-8-13)19-17(18)21-15/h4-6,9,11,13H,3,7-8,10H2,1-2H3,(H2,18,19). The molecule has 1 aromatic heterocycles. The molecule has 3 nitrogen and oxygen atoms in total. The first-order valence-electron chi connectivity index (χ1n) is 7.66. The zero-order valence-corrected chi connectivity index (χ0v) is 13.5. The lowest BCUT2D eigenvalue weighted by Gasteiger charge is -2.13. The van der Waals surface area contributed by atoms with Crippen LogP contribution in [0.4, 0.5) is 5.13 Å². The molecule has 0 spiro atoms. The number of ether oxygens (including phenoxy) is 1. The maximum absolute atomic E-state index is 5.90. The Hall–Kier alpha value is -1.55. The SMILES string of the molecule is CCC(C)Oc1cccc(Cc2sc(N)nc2C2CC2)c1. The number of nitrogens with zero attached hydrogens (tertiary/aromatic N) is 1. The van der Waals surface area contributed by atoms with Gasteiger partial charge in [0.15, 0.2) is 5.13 Å². The summed E-state index contributed by atoms with van der Waals surface area (Å²) in [7, 11) is 0. The molecule has 0 amide bonds. The molecule has 2 aromatic rings. The number of benzene rings is 1. The minimum absolute atomic E-state index is 0.251. The molecule has 21 heavy (non-hydrogen) atoms. The highest BCUT2D eigenvalue weighted by molar-refractivity contribution is 7.15. The molecule has 0 bridgehead atoms. The van der Waals surface area contributed by atoms with Gasteiger partial charge in [0.1, 0.15) is 5.75 Å². The first-order chi connectivity index (χ1) is 10.2. The molecule has 1 atom stereocenters. The highest BCUT2D eigenvalue weighted by Gasteiger charge is 2.29. The van der Waals surface area contributed by atoms with E-state index in [0.29, 0.717) is 11.0 Å². The van der Waals surface area contributed by atoms with E-state index in [4.69, 9.17) is 10.5 Å². The third-order valence-electron chi connectivity index (χ3n) is 3.88. The van der Waals surface area contributed by atoms with E-state index in [9.17, 15) is 0 Å². The van der Waals surface area contributed by atoms with Crippen LogP contribution in [0, 0.1) is 0 Å². The van der Waals surface area contributed by atoms with Crippen LogP contribution < -0.4 is 10.5 Å². The van der Waals surface area contributed by atoms with Gasteiger partial charge in [-0.25, -0.2) is 4.98 Å². The summed E-state index contributed by atoms with van der Waals surface area (Å²) in [6, 6.07) is 8.38. The van der Waals surface area contributed by atoms with E-state index in [0.717, 1.165) is 18.6 Å². The van der Waals surface area contributed by atoms with Crippen LogP contribution in [-0.4, -0.2) is 11.1 Å². The molecule has 1 aromatic carbocycles. The Morgan fingerprint density at radius 3 is 2.95 bits per heavy atom. The molecular formula is C17H22N2OS. The lowest BCUT2D eigenvalue weighted by Crippen LogP contribution is -2.09. The van der Waals surface area contributed by atoms with Gasteiger partial charge < -0.3 is 10.5 Å². The topological polar surface area (TPSA) is 48.1 Å². The third kappa shape index (κ3) is 3.56. The number of thiazole rings is 1. The van der Waals surface area contributed by atoms with E-state index >= 15 is 0 Å². The van der Waals surface area contributed by atoms with Gasteiger partial charge in [-0.3, -0.25) is 0 Å². The Bertz CT molecular complexity index is 619. The first kappa shape index (κ1) is 14.4. The summed E-state index contributed by atoms with van der Waals surface area (Å²) in [5.74, 6) is 1.60. The summed E-state index contributed by atoms with van der Waals surface area (Å²) >= 11 is 1.63. The molecule has 112 valence electrons. The fourth-order valence-electron chi connectivity index (χ4n) is 2.41. The average molecular weight is 302 g/mol. The molecule has 1 saturated carbocycles. The second-order valence-electron chi connectivity index (χ2n) is 5.80. The van der Waals surface area contributed by atoms with Gasteiger partial charge in [-0.2, -0.15) is 0 Å². The Balaban J connectivity index is 1.77. The summed E-state index contributed by atoms with van der Waals surface area (Å²) in [5.41, 5.74) is 8.39. The minimum atomic E-state index is 0.251. The summed E-state index contributed by atoms with van der Waals surface area (Å²) < 4.78 is 5.90. The fourth-order valence-corrected chi connectivity index (χ4v) is 3.37. The first-order valence-corrected chi connectivity index (χ1v) is 8.48. The molecule has 0 aliphatic heterocycles. The number of aromatic nitrogens is 1. The van der Waals surface area contributed by atoms with Gasteiger partial charge in [0, 0.05) is 17.2 Å². The van der Waals surface area contributed by atoms with Gasteiger partial charge >= 0.3 is 0 Å². The van der Waals surface area contributed by atoms with E-state index < -0.39 is 0 Å². The second-order valence-corrected chi connectivity index (χ2v) is 6.91. The Morgan fingerprint density at radius 2 is 2.24 bits per heavy atom. The Morgan fingerprint density at radius 1 is 1.43 bits per heavy atom. The van der Waals surface area contributed by atoms with Crippen molar-refractivity contribution < 1.29 is 4.74 Å². The summed E-state index contributed by atoms with van der Waals surface area (Å²) in [6.45, 7) is 4.23. The minimum Gasteiger partial charge on any atom is -0.491 e. The van der Waals surface area contributed by atoms with E-state index in [1.165, 1.54) is 29.0 Å². The predicted octanol–water partition coefficient (Wildman–Crippen LogP) is 4.37. The van der Waals surface area contributed by atoms with Gasteiger partial charge in [0.2, 0.25) is 0 Å². The van der Waals surface area contributed by atoms with Crippen LogP contribution in [-0.2, 0) is 6.42 Å². The summed E-state index contributed by atoms with van der Waals surface area (Å²) in [5, 5.41) is 0.693. The van der Waals surface area contributed by atoms with Crippen LogP contribution in [0.1, 0.15) is 55.2 Å². The van der Waals surface area contributed by atoms with Gasteiger partial charge in [-0.1, -0.05) is 19.1 Å². The Kier molecular flexibility index (Phi) is 4.15. The predicted molar refractivity (Wildman–Crippen MR) is 88.1 cm³/mol. The van der Waals surface area contributed by atoms with Crippen LogP contribution in [0.2, 0.25) is 0 Å². The zero-order valence-electron chi connectivity index (χ0n) is 12.6. The van der Waals surface area contributed by atoms with Crippen molar-refractivity contribution in [3.63, 3.8) is 0 Å². The van der Waals surface area contributed by atoms with Crippen molar-refractivity contribution in [3.05, 3.63) is 40.4 Å². The lowest BCUT2D eigenvalue weighted by atomic mass is 10.1. The maximum atomic E-state index is 5.90. The molecule has 2 N–H and O–H groups in total. The molecular weight excluding hydrogens is 280 g/mol. The fraction of sp³-hybridized carbons (Fsp3) is 0.471. The van der Waals surface area contributed by atoms with Gasteiger partial charge in [0.25, 0.3) is 0 Å². The lowest BCUT2D eigenvalue weighted by molar-refractivity contribution is 0.217. The van der Waals surface area contributed by atoms with Crippen LogP contribution in [0.25, 0.3) is 0 Å². The van der Waals surface area contributed by atoms with Crippen molar-refractivity contribution in [2.75, 3.05) is 5.73 Å². The molecule has 4 heteroatoms. The smallest absolute Gasteiger partial charge is 0.180 e. The van der Waals surface area contributed by atoms with Crippen LogP contribution in [0.5, 0.6) is 5.75 Å². The molecule has 0 saturated heterocycles. The molecule has 1 aliphatic carbocycles. The third-order valence-corrected chi connectivity index (χ3v) is 4.78. The van der Waals surface area contributed by atoms with Gasteiger partial charge in [-0.05, 0) is 43.9 Å². The molecule has 3 rings (SSSR count). The van der Waals surface area contributed by atoms with Crippen molar-refractivity contribution in [1.82, 2.24) is 4.98 Å². The van der Waals surface area contributed by atoms with Crippen LogP contribution in [0.15, 0.2) is 24.3 Å². The largest absolute Gasteiger partial charge is 0.491 e. The van der Waals surface area contributed by atoms with Gasteiger partial charge in [-0.15, -0.1) is 11.3 Å². The highest BCUT2D eigenvalue weighted by atomic mass is 32.1. The van der Waals surface area contributed by atoms with Gasteiger partial charge in [0.05, 0.1) is 11.8 Å². The number of nitrogens with two attached hydrogens (primary N) is 1. The van der Waals surface area contributed by atoms with E-state index in [2.05, 4.69) is 37.0 Å². The van der Waals surface area contributed by atoms with Crippen LogP contribution in [0.3, 0.4) is 0 Å². The van der Waals surface area contributed by atoms with E-state index in [-0.39, 0.29) is 6.10 Å². The second kappa shape index (κ2) is 6.06. The van der Waals surface area contributed by atoms with E-state index in [1.54, 1.807) is 11.3 Å². The number of hydrogen-bond acceptors (Lipinski definition) is 4. The van der Waals surface area contributed by atoms with Crippen molar-refractivity contribution in [2.24, 2.45) is 0 Å². The molecule has 0 radical (unpaired) electrons. The van der Waals surface area contributed by atoms with Crippen molar-refractivity contribution in [2.45, 2.75) is 51.6 Å². The zero-order chi connectivity index (χ0) is 14.8.